The summed E-state index contributed by atoms with van der Waals surface area (Å²) in [5, 5.41) is 3.80. The van der Waals surface area contributed by atoms with Crippen LogP contribution in [0.15, 0.2) is 23.1 Å². The van der Waals surface area contributed by atoms with Crippen molar-refractivity contribution in [3.8, 4) is 0 Å². The molecule has 1 aromatic carbocycles. The Morgan fingerprint density at radius 3 is 2.52 bits per heavy atom. The van der Waals surface area contributed by atoms with Crippen molar-refractivity contribution < 1.29 is 8.42 Å². The van der Waals surface area contributed by atoms with Crippen molar-refractivity contribution in [3.63, 3.8) is 0 Å². The highest BCUT2D eigenvalue weighted by Crippen LogP contribution is 2.29. The molecule has 1 fully saturated rings. The van der Waals surface area contributed by atoms with Crippen molar-refractivity contribution >= 4 is 45.6 Å². The van der Waals surface area contributed by atoms with Crippen LogP contribution in [-0.4, -0.2) is 28.1 Å². The number of nitrogens with one attached hydrogen (secondary N) is 2. The first-order chi connectivity index (χ1) is 9.32. The van der Waals surface area contributed by atoms with Crippen molar-refractivity contribution in [2.75, 3.05) is 19.6 Å². The summed E-state index contributed by atoms with van der Waals surface area (Å²) in [6, 6.07) is 4.43. The van der Waals surface area contributed by atoms with E-state index in [1.165, 1.54) is 12.1 Å². The number of hydrogen-bond donors (Lipinski definition) is 2. The second kappa shape index (κ2) is 7.49. The molecule has 1 heterocycles. The fourth-order valence-corrected chi connectivity index (χ4v) is 4.20. The maximum Gasteiger partial charge on any atom is 0.242 e. The Kier molecular flexibility index (Phi) is 6.78. The van der Waals surface area contributed by atoms with E-state index in [-0.39, 0.29) is 27.7 Å². The van der Waals surface area contributed by atoms with Gasteiger partial charge >= 0.3 is 0 Å². The zero-order valence-electron chi connectivity index (χ0n) is 11.7. The third-order valence-electron chi connectivity index (χ3n) is 3.68. The number of halogens is 3. The van der Waals surface area contributed by atoms with Gasteiger partial charge in [-0.15, -0.1) is 12.4 Å². The van der Waals surface area contributed by atoms with Gasteiger partial charge in [-0.1, -0.05) is 30.1 Å². The molecule has 2 rings (SSSR count). The van der Waals surface area contributed by atoms with Crippen LogP contribution in [0.2, 0.25) is 10.0 Å². The molecule has 21 heavy (non-hydrogen) atoms. The Hall–Kier alpha value is -0.0400. The maximum absolute atomic E-state index is 12.3. The van der Waals surface area contributed by atoms with Crippen LogP contribution in [-0.2, 0) is 10.0 Å². The molecule has 1 aromatic rings. The summed E-state index contributed by atoms with van der Waals surface area (Å²) in [6.45, 7) is 4.32. The third-order valence-corrected chi connectivity index (χ3v) is 5.80. The van der Waals surface area contributed by atoms with E-state index in [0.717, 1.165) is 25.9 Å². The average Bonchev–Trinajstić information content (AvgIpc) is 2.40. The van der Waals surface area contributed by atoms with Gasteiger partial charge in [-0.2, -0.15) is 0 Å². The van der Waals surface area contributed by atoms with E-state index >= 15 is 0 Å². The predicted octanol–water partition coefficient (Wildman–Crippen LogP) is 3.08. The normalized spacial score (nSPS) is 18.0. The molecule has 2 N–H and O–H groups in total. The molecule has 120 valence electrons. The summed E-state index contributed by atoms with van der Waals surface area (Å²) in [7, 11) is -3.64. The van der Waals surface area contributed by atoms with Gasteiger partial charge in [0.25, 0.3) is 0 Å². The van der Waals surface area contributed by atoms with Gasteiger partial charge in [-0.3, -0.25) is 0 Å². The van der Waals surface area contributed by atoms with Crippen LogP contribution in [0.5, 0.6) is 0 Å². The molecule has 1 aliphatic rings. The lowest BCUT2D eigenvalue weighted by Crippen LogP contribution is -2.42. The van der Waals surface area contributed by atoms with Gasteiger partial charge in [0.2, 0.25) is 10.0 Å². The maximum atomic E-state index is 12.3. The summed E-state index contributed by atoms with van der Waals surface area (Å²) in [4.78, 5) is 0.0317. The topological polar surface area (TPSA) is 58.2 Å². The minimum Gasteiger partial charge on any atom is -0.317 e. The van der Waals surface area contributed by atoms with Crippen LogP contribution in [0.4, 0.5) is 0 Å². The summed E-state index contributed by atoms with van der Waals surface area (Å²) >= 11 is 11.8. The van der Waals surface area contributed by atoms with Crippen LogP contribution in [0.25, 0.3) is 0 Å². The molecule has 0 bridgehead atoms. The van der Waals surface area contributed by atoms with Crippen LogP contribution in [0, 0.1) is 5.41 Å². The monoisotopic (exact) mass is 372 g/mol. The highest BCUT2D eigenvalue weighted by Gasteiger charge is 2.29. The highest BCUT2D eigenvalue weighted by atomic mass is 35.5. The first-order valence-electron chi connectivity index (χ1n) is 6.48. The lowest BCUT2D eigenvalue weighted by atomic mass is 9.81. The molecule has 0 aliphatic carbocycles. The Labute approximate surface area is 142 Å². The Balaban J connectivity index is 0.00000220. The Bertz CT molecular complexity index is 587. The minimum atomic E-state index is -3.64. The van der Waals surface area contributed by atoms with E-state index in [0.29, 0.717) is 11.6 Å². The largest absolute Gasteiger partial charge is 0.317 e. The lowest BCUT2D eigenvalue weighted by Gasteiger charge is -2.34. The molecule has 0 aromatic heterocycles. The van der Waals surface area contributed by atoms with Gasteiger partial charge in [0.15, 0.2) is 0 Å². The van der Waals surface area contributed by atoms with Crippen LogP contribution < -0.4 is 10.0 Å². The molecule has 0 unspecified atom stereocenters. The molecular weight excluding hydrogens is 355 g/mol. The van der Waals surface area contributed by atoms with Gasteiger partial charge in [-0.05, 0) is 49.5 Å². The zero-order valence-corrected chi connectivity index (χ0v) is 14.8. The molecular formula is C13H19Cl3N2O2S. The van der Waals surface area contributed by atoms with E-state index < -0.39 is 10.0 Å². The SMILES string of the molecule is CC1(CNS(=O)(=O)c2cc(Cl)ccc2Cl)CCNCC1.Cl. The summed E-state index contributed by atoms with van der Waals surface area (Å²) in [6.07, 6.45) is 1.89. The average molecular weight is 374 g/mol. The van der Waals surface area contributed by atoms with Gasteiger partial charge in [0.05, 0.1) is 5.02 Å². The number of benzene rings is 1. The van der Waals surface area contributed by atoms with Gasteiger partial charge in [0.1, 0.15) is 4.90 Å². The van der Waals surface area contributed by atoms with Gasteiger partial charge in [-0.25, -0.2) is 13.1 Å². The molecule has 1 aliphatic heterocycles. The van der Waals surface area contributed by atoms with E-state index in [9.17, 15) is 8.42 Å². The third kappa shape index (κ3) is 4.98. The Morgan fingerprint density at radius 2 is 1.90 bits per heavy atom. The molecule has 0 spiro atoms. The van der Waals surface area contributed by atoms with Crippen molar-refractivity contribution in [1.29, 1.82) is 0 Å². The number of hydrogen-bond acceptors (Lipinski definition) is 3. The highest BCUT2D eigenvalue weighted by molar-refractivity contribution is 7.89. The fourth-order valence-electron chi connectivity index (χ4n) is 2.24. The lowest BCUT2D eigenvalue weighted by molar-refractivity contribution is 0.232. The van der Waals surface area contributed by atoms with Crippen molar-refractivity contribution in [2.45, 2.75) is 24.7 Å². The van der Waals surface area contributed by atoms with Crippen LogP contribution in [0.3, 0.4) is 0 Å². The Morgan fingerprint density at radius 1 is 1.29 bits per heavy atom. The van der Waals surface area contributed by atoms with Gasteiger partial charge < -0.3 is 5.32 Å². The molecule has 4 nitrogen and oxygen atoms in total. The van der Waals surface area contributed by atoms with E-state index in [4.69, 9.17) is 23.2 Å². The molecule has 1 saturated heterocycles. The number of piperidine rings is 1. The van der Waals surface area contributed by atoms with Crippen molar-refractivity contribution in [1.82, 2.24) is 10.0 Å². The second-order valence-electron chi connectivity index (χ2n) is 5.46. The van der Waals surface area contributed by atoms with Crippen molar-refractivity contribution in [3.05, 3.63) is 28.2 Å². The fraction of sp³-hybridized carbons (Fsp3) is 0.538. The van der Waals surface area contributed by atoms with Gasteiger partial charge in [0, 0.05) is 11.6 Å². The minimum absolute atomic E-state index is 0. The van der Waals surface area contributed by atoms with E-state index in [1.807, 2.05) is 0 Å². The van der Waals surface area contributed by atoms with E-state index in [2.05, 4.69) is 17.0 Å². The standard InChI is InChI=1S/C13H18Cl2N2O2S.ClH/c1-13(4-6-16-7-5-13)9-17-20(18,19)12-8-10(14)2-3-11(12)15;/h2-3,8,16-17H,4-7,9H2,1H3;1H. The molecule has 0 saturated carbocycles. The van der Waals surface area contributed by atoms with Crippen LogP contribution in [0.1, 0.15) is 19.8 Å². The molecule has 0 radical (unpaired) electrons. The summed E-state index contributed by atoms with van der Waals surface area (Å²) in [5.41, 5.74) is -0.0244. The first-order valence-corrected chi connectivity index (χ1v) is 8.72. The summed E-state index contributed by atoms with van der Waals surface area (Å²) < 4.78 is 27.3. The zero-order chi connectivity index (χ0) is 14.8. The summed E-state index contributed by atoms with van der Waals surface area (Å²) in [5.74, 6) is 0. The number of sulfonamides is 1. The predicted molar refractivity (Wildman–Crippen MR) is 89.1 cm³/mol. The molecule has 8 heteroatoms. The smallest absolute Gasteiger partial charge is 0.242 e. The van der Waals surface area contributed by atoms with E-state index in [1.54, 1.807) is 6.07 Å². The molecule has 0 atom stereocenters. The van der Waals surface area contributed by atoms with Crippen molar-refractivity contribution in [2.24, 2.45) is 5.41 Å². The number of rotatable bonds is 4. The first kappa shape index (κ1) is 19.0. The second-order valence-corrected chi connectivity index (χ2v) is 8.04. The van der Waals surface area contributed by atoms with Crippen LogP contribution >= 0.6 is 35.6 Å². The quantitative estimate of drug-likeness (QED) is 0.852. The molecule has 0 amide bonds.